The lowest BCUT2D eigenvalue weighted by Gasteiger charge is -2.13. The molecule has 106 valence electrons. The van der Waals surface area contributed by atoms with E-state index in [1.54, 1.807) is 48.5 Å². The molecule has 20 heavy (non-hydrogen) atoms. The standard InChI is InChI=1S/C14H16BrN3OS/c1-18(2)14(19)9-3-5-11(16)12(7-9)17-8-10-4-6-13(15)20-10/h3-7,17H,8,16H2,1-2H3. The summed E-state index contributed by atoms with van der Waals surface area (Å²) >= 11 is 5.10. The molecule has 0 radical (unpaired) electrons. The second kappa shape index (κ2) is 6.28. The molecule has 0 aliphatic carbocycles. The average molecular weight is 354 g/mol. The van der Waals surface area contributed by atoms with Crippen LogP contribution >= 0.6 is 27.3 Å². The molecule has 0 spiro atoms. The Kier molecular flexibility index (Phi) is 4.67. The summed E-state index contributed by atoms with van der Waals surface area (Å²) in [6.07, 6.45) is 0. The number of nitrogen functional groups attached to an aromatic ring is 1. The van der Waals surface area contributed by atoms with Crippen LogP contribution in [0.25, 0.3) is 0 Å². The van der Waals surface area contributed by atoms with Gasteiger partial charge in [-0.1, -0.05) is 0 Å². The summed E-state index contributed by atoms with van der Waals surface area (Å²) in [7, 11) is 3.46. The number of nitrogens with zero attached hydrogens (tertiary/aromatic N) is 1. The maximum absolute atomic E-state index is 11.9. The van der Waals surface area contributed by atoms with Gasteiger partial charge in [-0.15, -0.1) is 11.3 Å². The zero-order chi connectivity index (χ0) is 14.7. The fourth-order valence-electron chi connectivity index (χ4n) is 1.73. The SMILES string of the molecule is CN(C)C(=O)c1ccc(N)c(NCc2ccc(Br)s2)c1. The van der Waals surface area contributed by atoms with E-state index in [0.717, 1.165) is 9.47 Å². The lowest BCUT2D eigenvalue weighted by atomic mass is 10.1. The van der Waals surface area contributed by atoms with E-state index >= 15 is 0 Å². The molecule has 1 aromatic heterocycles. The quantitative estimate of drug-likeness (QED) is 0.828. The third-order valence-corrected chi connectivity index (χ3v) is 4.41. The van der Waals surface area contributed by atoms with Crippen LogP contribution in [-0.4, -0.2) is 24.9 Å². The van der Waals surface area contributed by atoms with E-state index in [0.29, 0.717) is 17.8 Å². The normalized spacial score (nSPS) is 10.3. The molecule has 2 aromatic rings. The van der Waals surface area contributed by atoms with Gasteiger partial charge in [-0.25, -0.2) is 0 Å². The summed E-state index contributed by atoms with van der Waals surface area (Å²) in [5.41, 5.74) is 7.98. The maximum Gasteiger partial charge on any atom is 0.253 e. The van der Waals surface area contributed by atoms with Crippen LogP contribution in [0.15, 0.2) is 34.1 Å². The Hall–Kier alpha value is -1.53. The summed E-state index contributed by atoms with van der Waals surface area (Å²) in [5, 5.41) is 3.27. The van der Waals surface area contributed by atoms with Crippen LogP contribution in [0.1, 0.15) is 15.2 Å². The molecule has 0 unspecified atom stereocenters. The van der Waals surface area contributed by atoms with E-state index in [1.807, 2.05) is 12.1 Å². The number of amides is 1. The molecule has 0 saturated carbocycles. The number of rotatable bonds is 4. The summed E-state index contributed by atoms with van der Waals surface area (Å²) in [6, 6.07) is 9.35. The Labute approximate surface area is 130 Å². The van der Waals surface area contributed by atoms with Crippen molar-refractivity contribution in [2.75, 3.05) is 25.1 Å². The van der Waals surface area contributed by atoms with Gasteiger partial charge in [0.1, 0.15) is 0 Å². The molecule has 0 fully saturated rings. The van der Waals surface area contributed by atoms with Crippen LogP contribution in [-0.2, 0) is 6.54 Å². The summed E-state index contributed by atoms with van der Waals surface area (Å²) in [4.78, 5) is 14.7. The second-order valence-corrected chi connectivity index (χ2v) is 7.11. The molecular weight excluding hydrogens is 338 g/mol. The molecular formula is C14H16BrN3OS. The van der Waals surface area contributed by atoms with Crippen LogP contribution in [0.3, 0.4) is 0 Å². The van der Waals surface area contributed by atoms with Crippen LogP contribution in [0.2, 0.25) is 0 Å². The maximum atomic E-state index is 11.9. The van der Waals surface area contributed by atoms with Crippen LogP contribution in [0, 0.1) is 0 Å². The molecule has 0 bridgehead atoms. The van der Waals surface area contributed by atoms with Crippen molar-refractivity contribution >= 4 is 44.5 Å². The topological polar surface area (TPSA) is 58.4 Å². The number of benzene rings is 1. The van der Waals surface area contributed by atoms with E-state index < -0.39 is 0 Å². The highest BCUT2D eigenvalue weighted by Crippen LogP contribution is 2.25. The van der Waals surface area contributed by atoms with Gasteiger partial charge in [-0.2, -0.15) is 0 Å². The summed E-state index contributed by atoms with van der Waals surface area (Å²) in [5.74, 6) is -0.0353. The number of carbonyl (C=O) groups is 1. The fraction of sp³-hybridized carbons (Fsp3) is 0.214. The first-order valence-electron chi connectivity index (χ1n) is 6.06. The first kappa shape index (κ1) is 14.9. The molecule has 6 heteroatoms. The fourth-order valence-corrected chi connectivity index (χ4v) is 3.15. The number of hydrogen-bond acceptors (Lipinski definition) is 4. The largest absolute Gasteiger partial charge is 0.397 e. The Morgan fingerprint density at radius 2 is 2.10 bits per heavy atom. The number of hydrogen-bond donors (Lipinski definition) is 2. The van der Waals surface area contributed by atoms with Crippen molar-refractivity contribution in [3.05, 3.63) is 44.6 Å². The molecule has 0 saturated heterocycles. The van der Waals surface area contributed by atoms with Crippen LogP contribution < -0.4 is 11.1 Å². The lowest BCUT2D eigenvalue weighted by molar-refractivity contribution is 0.0827. The predicted octanol–water partition coefficient (Wildman–Crippen LogP) is 3.41. The highest BCUT2D eigenvalue weighted by molar-refractivity contribution is 9.11. The van der Waals surface area contributed by atoms with E-state index in [1.165, 1.54) is 4.88 Å². The number of nitrogens with two attached hydrogens (primary N) is 1. The van der Waals surface area contributed by atoms with Gasteiger partial charge in [-0.05, 0) is 46.3 Å². The number of halogens is 1. The van der Waals surface area contributed by atoms with E-state index in [-0.39, 0.29) is 5.91 Å². The zero-order valence-corrected chi connectivity index (χ0v) is 13.7. The van der Waals surface area contributed by atoms with Crippen molar-refractivity contribution in [3.63, 3.8) is 0 Å². The molecule has 3 N–H and O–H groups in total. The van der Waals surface area contributed by atoms with Crippen molar-refractivity contribution < 1.29 is 4.79 Å². The summed E-state index contributed by atoms with van der Waals surface area (Å²) < 4.78 is 1.10. The van der Waals surface area contributed by atoms with Crippen LogP contribution in [0.4, 0.5) is 11.4 Å². The van der Waals surface area contributed by atoms with Gasteiger partial charge >= 0.3 is 0 Å². The third kappa shape index (κ3) is 3.52. The minimum absolute atomic E-state index is 0.0353. The molecule has 2 rings (SSSR count). The van der Waals surface area contributed by atoms with Gasteiger partial charge in [0.2, 0.25) is 0 Å². The van der Waals surface area contributed by atoms with Gasteiger partial charge in [0.25, 0.3) is 5.91 Å². The Morgan fingerprint density at radius 1 is 1.35 bits per heavy atom. The zero-order valence-electron chi connectivity index (χ0n) is 11.3. The van der Waals surface area contributed by atoms with E-state index in [2.05, 4.69) is 21.2 Å². The first-order chi connectivity index (χ1) is 9.47. The minimum atomic E-state index is -0.0353. The van der Waals surface area contributed by atoms with Crippen molar-refractivity contribution in [2.24, 2.45) is 0 Å². The molecule has 0 aliphatic rings. The van der Waals surface area contributed by atoms with E-state index in [4.69, 9.17) is 5.73 Å². The number of carbonyl (C=O) groups excluding carboxylic acids is 1. The molecule has 0 aliphatic heterocycles. The predicted molar refractivity (Wildman–Crippen MR) is 88.2 cm³/mol. The first-order valence-corrected chi connectivity index (χ1v) is 7.67. The Morgan fingerprint density at radius 3 is 2.70 bits per heavy atom. The smallest absolute Gasteiger partial charge is 0.253 e. The van der Waals surface area contributed by atoms with Gasteiger partial charge in [0.05, 0.1) is 15.2 Å². The number of anilines is 2. The van der Waals surface area contributed by atoms with Gasteiger partial charge in [0.15, 0.2) is 0 Å². The summed E-state index contributed by atoms with van der Waals surface area (Å²) in [6.45, 7) is 0.681. The van der Waals surface area contributed by atoms with Gasteiger partial charge < -0.3 is 16.0 Å². The monoisotopic (exact) mass is 353 g/mol. The Bertz CT molecular complexity index is 625. The van der Waals surface area contributed by atoms with Gasteiger partial charge in [0, 0.05) is 31.1 Å². The molecule has 1 heterocycles. The van der Waals surface area contributed by atoms with Crippen LogP contribution in [0.5, 0.6) is 0 Å². The third-order valence-electron chi connectivity index (χ3n) is 2.79. The molecule has 0 atom stereocenters. The van der Waals surface area contributed by atoms with Gasteiger partial charge in [-0.3, -0.25) is 4.79 Å². The number of nitrogens with one attached hydrogen (secondary N) is 1. The van der Waals surface area contributed by atoms with Crippen molar-refractivity contribution in [2.45, 2.75) is 6.54 Å². The van der Waals surface area contributed by atoms with Crippen molar-refractivity contribution in [1.82, 2.24) is 4.90 Å². The second-order valence-electron chi connectivity index (χ2n) is 4.56. The molecule has 4 nitrogen and oxygen atoms in total. The van der Waals surface area contributed by atoms with Crippen molar-refractivity contribution in [1.29, 1.82) is 0 Å². The molecule has 1 amide bonds. The highest BCUT2D eigenvalue weighted by atomic mass is 79.9. The minimum Gasteiger partial charge on any atom is -0.397 e. The lowest BCUT2D eigenvalue weighted by Crippen LogP contribution is -2.21. The Balaban J connectivity index is 2.14. The molecule has 1 aromatic carbocycles. The number of thiophene rings is 1. The average Bonchev–Trinajstić information content (AvgIpc) is 2.82. The van der Waals surface area contributed by atoms with E-state index in [9.17, 15) is 4.79 Å². The van der Waals surface area contributed by atoms with Crippen molar-refractivity contribution in [3.8, 4) is 0 Å². The highest BCUT2D eigenvalue weighted by Gasteiger charge is 2.10.